The molecule has 0 heterocycles. The highest BCUT2D eigenvalue weighted by atomic mass is 16.5. The molecule has 0 spiro atoms. The lowest BCUT2D eigenvalue weighted by molar-refractivity contribution is -0.115. The van der Waals surface area contributed by atoms with Crippen molar-refractivity contribution in [2.75, 3.05) is 11.9 Å². The van der Waals surface area contributed by atoms with Gasteiger partial charge in [-0.25, -0.2) is 0 Å². The van der Waals surface area contributed by atoms with Crippen molar-refractivity contribution >= 4 is 17.5 Å². The molecule has 0 aliphatic heterocycles. The number of hydrogen-bond donors (Lipinski definition) is 3. The Morgan fingerprint density at radius 1 is 0.929 bits per heavy atom. The number of nitrogens with one attached hydrogen (secondary N) is 3. The number of ether oxygens (including phenoxy) is 1. The molecule has 0 fully saturated rings. The van der Waals surface area contributed by atoms with Gasteiger partial charge in [0.15, 0.2) is 0 Å². The fourth-order valence-corrected chi connectivity index (χ4v) is 2.53. The highest BCUT2D eigenvalue weighted by molar-refractivity contribution is 5.96. The van der Waals surface area contributed by atoms with Crippen LogP contribution in [-0.2, 0) is 11.3 Å². The zero-order valence-electron chi connectivity index (χ0n) is 16.9. The minimum atomic E-state index is -0.140. The Morgan fingerprint density at radius 2 is 1.57 bits per heavy atom. The van der Waals surface area contributed by atoms with Gasteiger partial charge in [-0.3, -0.25) is 9.59 Å². The van der Waals surface area contributed by atoms with E-state index >= 15 is 0 Å². The van der Waals surface area contributed by atoms with Gasteiger partial charge in [-0.15, -0.1) is 0 Å². The monoisotopic (exact) mass is 383 g/mol. The van der Waals surface area contributed by atoms with E-state index in [4.69, 9.17) is 4.74 Å². The van der Waals surface area contributed by atoms with E-state index in [1.54, 1.807) is 24.3 Å². The first-order valence-electron chi connectivity index (χ1n) is 9.50. The summed E-state index contributed by atoms with van der Waals surface area (Å²) in [6.07, 6.45) is 0.145. The van der Waals surface area contributed by atoms with Crippen molar-refractivity contribution in [2.24, 2.45) is 0 Å². The van der Waals surface area contributed by atoms with Crippen LogP contribution < -0.4 is 20.7 Å². The summed E-state index contributed by atoms with van der Waals surface area (Å²) >= 11 is 0. The van der Waals surface area contributed by atoms with E-state index in [1.807, 2.05) is 52.0 Å². The third-order valence-electron chi connectivity index (χ3n) is 3.76. The van der Waals surface area contributed by atoms with Crippen LogP contribution in [0.3, 0.4) is 0 Å². The van der Waals surface area contributed by atoms with E-state index in [9.17, 15) is 9.59 Å². The Morgan fingerprint density at radius 3 is 2.14 bits per heavy atom. The molecule has 28 heavy (non-hydrogen) atoms. The molecule has 2 aromatic carbocycles. The fraction of sp³-hybridized carbons (Fsp3) is 0.364. The quantitative estimate of drug-likeness (QED) is 0.620. The van der Waals surface area contributed by atoms with Gasteiger partial charge in [0, 0.05) is 23.8 Å². The average molecular weight is 383 g/mol. The van der Waals surface area contributed by atoms with Crippen LogP contribution >= 0.6 is 0 Å². The van der Waals surface area contributed by atoms with E-state index < -0.39 is 0 Å². The zero-order valence-corrected chi connectivity index (χ0v) is 16.9. The third-order valence-corrected chi connectivity index (χ3v) is 3.76. The Balaban J connectivity index is 1.75. The van der Waals surface area contributed by atoms with E-state index in [0.717, 1.165) is 11.3 Å². The summed E-state index contributed by atoms with van der Waals surface area (Å²) in [7, 11) is 0. The number of rotatable bonds is 9. The van der Waals surface area contributed by atoms with Gasteiger partial charge in [0.05, 0.1) is 12.6 Å². The summed E-state index contributed by atoms with van der Waals surface area (Å²) in [5.74, 6) is 0.570. The van der Waals surface area contributed by atoms with Gasteiger partial charge in [-0.05, 0) is 69.7 Å². The molecule has 2 aromatic rings. The maximum absolute atomic E-state index is 12.1. The van der Waals surface area contributed by atoms with Crippen LogP contribution in [0.25, 0.3) is 0 Å². The van der Waals surface area contributed by atoms with Crippen LogP contribution in [0.15, 0.2) is 48.5 Å². The molecule has 0 saturated carbocycles. The van der Waals surface area contributed by atoms with Gasteiger partial charge in [0.1, 0.15) is 5.75 Å². The van der Waals surface area contributed by atoms with Gasteiger partial charge in [0.25, 0.3) is 5.91 Å². The lowest BCUT2D eigenvalue weighted by Crippen LogP contribution is -2.30. The molecule has 0 bridgehead atoms. The van der Waals surface area contributed by atoms with Gasteiger partial charge >= 0.3 is 0 Å². The predicted molar refractivity (Wildman–Crippen MR) is 112 cm³/mol. The Labute approximate surface area is 166 Å². The molecular weight excluding hydrogens is 354 g/mol. The lowest BCUT2D eigenvalue weighted by Gasteiger charge is -2.11. The SMILES string of the molecule is CC(C)NC(=O)c1ccc(NC(=O)CNCc2ccc(OC(C)C)cc2)cc1. The molecule has 0 unspecified atom stereocenters. The summed E-state index contributed by atoms with van der Waals surface area (Å²) in [4.78, 5) is 24.0. The van der Waals surface area contributed by atoms with Crippen molar-refractivity contribution in [3.05, 3.63) is 59.7 Å². The topological polar surface area (TPSA) is 79.5 Å². The van der Waals surface area contributed by atoms with Crippen LogP contribution in [0.1, 0.15) is 43.6 Å². The summed E-state index contributed by atoms with van der Waals surface area (Å²) in [6, 6.07) is 14.7. The molecule has 2 amide bonds. The molecule has 3 N–H and O–H groups in total. The minimum absolute atomic E-state index is 0.0805. The maximum atomic E-state index is 12.1. The Hall–Kier alpha value is -2.86. The highest BCUT2D eigenvalue weighted by Gasteiger charge is 2.08. The number of anilines is 1. The maximum Gasteiger partial charge on any atom is 0.251 e. The van der Waals surface area contributed by atoms with Crippen molar-refractivity contribution in [2.45, 2.75) is 46.4 Å². The van der Waals surface area contributed by atoms with Crippen LogP contribution in [0, 0.1) is 0 Å². The Kier molecular flexibility index (Phi) is 8.02. The van der Waals surface area contributed by atoms with Crippen molar-refractivity contribution in [3.8, 4) is 5.75 Å². The molecule has 0 aliphatic carbocycles. The average Bonchev–Trinajstić information content (AvgIpc) is 2.63. The number of amides is 2. The molecular formula is C22H29N3O3. The molecule has 0 aliphatic rings. The van der Waals surface area contributed by atoms with Gasteiger partial charge in [-0.2, -0.15) is 0 Å². The van der Waals surface area contributed by atoms with Gasteiger partial charge < -0.3 is 20.7 Å². The predicted octanol–water partition coefficient (Wildman–Crippen LogP) is 3.34. The van der Waals surface area contributed by atoms with E-state index in [-0.39, 0.29) is 30.5 Å². The first-order valence-corrected chi connectivity index (χ1v) is 9.50. The van der Waals surface area contributed by atoms with E-state index in [1.165, 1.54) is 0 Å². The minimum Gasteiger partial charge on any atom is -0.491 e. The first-order chi connectivity index (χ1) is 13.3. The van der Waals surface area contributed by atoms with Crippen LogP contribution in [-0.4, -0.2) is 30.5 Å². The first kappa shape index (κ1) is 21.4. The largest absolute Gasteiger partial charge is 0.491 e. The van der Waals surface area contributed by atoms with Crippen molar-refractivity contribution in [3.63, 3.8) is 0 Å². The second-order valence-corrected chi connectivity index (χ2v) is 7.17. The second-order valence-electron chi connectivity index (χ2n) is 7.17. The summed E-state index contributed by atoms with van der Waals surface area (Å²) in [5.41, 5.74) is 2.29. The molecule has 0 aromatic heterocycles. The normalized spacial score (nSPS) is 10.8. The highest BCUT2D eigenvalue weighted by Crippen LogP contribution is 2.14. The van der Waals surface area contributed by atoms with Crippen LogP contribution in [0.2, 0.25) is 0 Å². The van der Waals surface area contributed by atoms with Gasteiger partial charge in [0.2, 0.25) is 5.91 Å². The number of benzene rings is 2. The van der Waals surface area contributed by atoms with Crippen LogP contribution in [0.4, 0.5) is 5.69 Å². The molecule has 6 heteroatoms. The zero-order chi connectivity index (χ0) is 20.5. The summed E-state index contributed by atoms with van der Waals surface area (Å²) < 4.78 is 5.61. The van der Waals surface area contributed by atoms with E-state index in [2.05, 4.69) is 16.0 Å². The van der Waals surface area contributed by atoms with Crippen molar-refractivity contribution in [1.82, 2.24) is 10.6 Å². The van der Waals surface area contributed by atoms with Crippen LogP contribution in [0.5, 0.6) is 5.75 Å². The standard InChI is InChI=1S/C22H29N3O3/c1-15(2)24-22(27)18-7-9-19(10-8-18)25-21(26)14-23-13-17-5-11-20(12-6-17)28-16(3)4/h5-12,15-16,23H,13-14H2,1-4H3,(H,24,27)(H,25,26). The van der Waals surface area contributed by atoms with E-state index in [0.29, 0.717) is 17.8 Å². The Bertz CT molecular complexity index is 769. The third kappa shape index (κ3) is 7.40. The molecule has 2 rings (SSSR count). The van der Waals surface area contributed by atoms with Crippen molar-refractivity contribution < 1.29 is 14.3 Å². The lowest BCUT2D eigenvalue weighted by atomic mass is 10.2. The fourth-order valence-electron chi connectivity index (χ4n) is 2.53. The number of carbonyl (C=O) groups is 2. The summed E-state index contributed by atoms with van der Waals surface area (Å²) in [6.45, 7) is 8.58. The number of carbonyl (C=O) groups excluding carboxylic acids is 2. The molecule has 150 valence electrons. The van der Waals surface area contributed by atoms with Crippen molar-refractivity contribution in [1.29, 1.82) is 0 Å². The molecule has 0 saturated heterocycles. The molecule has 0 radical (unpaired) electrons. The summed E-state index contributed by atoms with van der Waals surface area (Å²) in [5, 5.41) is 8.76. The second kappa shape index (κ2) is 10.5. The number of hydrogen-bond acceptors (Lipinski definition) is 4. The molecule has 0 atom stereocenters. The molecule has 6 nitrogen and oxygen atoms in total. The smallest absolute Gasteiger partial charge is 0.251 e. The van der Waals surface area contributed by atoms with Gasteiger partial charge in [-0.1, -0.05) is 12.1 Å².